The number of carboxylic acids is 1. The molecule has 0 amide bonds. The highest BCUT2D eigenvalue weighted by Crippen LogP contribution is 2.11. The van der Waals surface area contributed by atoms with Gasteiger partial charge in [0.25, 0.3) is 0 Å². The molecular weight excluding hydrogens is 270 g/mol. The molecular formula is C14H19N5O2. The number of carbonyl (C=O) groups is 1. The van der Waals surface area contributed by atoms with Crippen LogP contribution in [0, 0.1) is 0 Å². The molecule has 0 aliphatic rings. The smallest absolute Gasteiger partial charge is 0.354 e. The number of hydrogen-bond donors (Lipinski definition) is 1. The zero-order valence-corrected chi connectivity index (χ0v) is 12.2. The van der Waals surface area contributed by atoms with Crippen molar-refractivity contribution >= 4 is 5.97 Å². The van der Waals surface area contributed by atoms with Crippen LogP contribution < -0.4 is 0 Å². The van der Waals surface area contributed by atoms with Gasteiger partial charge in [-0.15, -0.1) is 0 Å². The van der Waals surface area contributed by atoms with Crippen molar-refractivity contribution < 1.29 is 9.90 Å². The molecule has 0 fully saturated rings. The quantitative estimate of drug-likeness (QED) is 0.815. The first-order valence-electron chi connectivity index (χ1n) is 6.74. The van der Waals surface area contributed by atoms with Gasteiger partial charge in [-0.1, -0.05) is 0 Å². The second-order valence-electron chi connectivity index (χ2n) is 5.15. The van der Waals surface area contributed by atoms with E-state index in [1.54, 1.807) is 12.4 Å². The van der Waals surface area contributed by atoms with Crippen LogP contribution in [-0.2, 0) is 13.0 Å². The number of nitrogens with zero attached hydrogens (tertiary/aromatic N) is 5. The Kier molecular flexibility index (Phi) is 4.99. The Morgan fingerprint density at radius 3 is 2.90 bits per heavy atom. The number of rotatable bonds is 7. The summed E-state index contributed by atoms with van der Waals surface area (Å²) < 4.78 is 1.88. The zero-order chi connectivity index (χ0) is 15.2. The van der Waals surface area contributed by atoms with E-state index in [1.165, 1.54) is 6.33 Å². The van der Waals surface area contributed by atoms with E-state index in [1.807, 2.05) is 25.0 Å². The van der Waals surface area contributed by atoms with E-state index in [-0.39, 0.29) is 5.69 Å². The van der Waals surface area contributed by atoms with Gasteiger partial charge in [0.15, 0.2) is 5.69 Å². The average molecular weight is 289 g/mol. The van der Waals surface area contributed by atoms with E-state index >= 15 is 0 Å². The highest BCUT2D eigenvalue weighted by Gasteiger charge is 2.12. The first-order valence-corrected chi connectivity index (χ1v) is 6.74. The first-order chi connectivity index (χ1) is 10.1. The molecule has 1 N–H and O–H groups in total. The van der Waals surface area contributed by atoms with Crippen molar-refractivity contribution in [2.24, 2.45) is 0 Å². The molecule has 112 valence electrons. The van der Waals surface area contributed by atoms with Crippen LogP contribution in [0.5, 0.6) is 0 Å². The molecule has 21 heavy (non-hydrogen) atoms. The third-order valence-corrected chi connectivity index (χ3v) is 3.06. The summed E-state index contributed by atoms with van der Waals surface area (Å²) in [5.74, 6) is -1.04. The first kappa shape index (κ1) is 15.1. The topological polar surface area (TPSA) is 84.1 Å². The van der Waals surface area contributed by atoms with Gasteiger partial charge < -0.3 is 10.0 Å². The molecule has 2 heterocycles. The molecule has 2 aromatic heterocycles. The van der Waals surface area contributed by atoms with Crippen molar-refractivity contribution in [1.29, 1.82) is 0 Å². The van der Waals surface area contributed by atoms with Crippen molar-refractivity contribution in [3.63, 3.8) is 0 Å². The van der Waals surface area contributed by atoms with E-state index in [0.717, 1.165) is 25.1 Å². The molecule has 0 bridgehead atoms. The van der Waals surface area contributed by atoms with Gasteiger partial charge in [-0.05, 0) is 32.6 Å². The maximum atomic E-state index is 11.1. The summed E-state index contributed by atoms with van der Waals surface area (Å²) >= 11 is 0. The highest BCUT2D eigenvalue weighted by molar-refractivity contribution is 5.86. The minimum atomic E-state index is -1.04. The van der Waals surface area contributed by atoms with E-state index < -0.39 is 5.97 Å². The molecule has 0 radical (unpaired) electrons. The number of aryl methyl sites for hydroxylation is 1. The maximum absolute atomic E-state index is 11.1. The molecule has 0 aliphatic carbocycles. The Morgan fingerprint density at radius 1 is 1.38 bits per heavy atom. The Morgan fingerprint density at radius 2 is 2.19 bits per heavy atom. The van der Waals surface area contributed by atoms with Crippen LogP contribution >= 0.6 is 0 Å². The molecule has 0 aromatic carbocycles. The van der Waals surface area contributed by atoms with E-state index in [4.69, 9.17) is 5.11 Å². The third-order valence-electron chi connectivity index (χ3n) is 3.06. The van der Waals surface area contributed by atoms with Gasteiger partial charge >= 0.3 is 5.97 Å². The minimum absolute atomic E-state index is 0.0466. The second-order valence-corrected chi connectivity index (χ2v) is 5.15. The molecule has 0 aliphatic heterocycles. The monoisotopic (exact) mass is 289 g/mol. The summed E-state index contributed by atoms with van der Waals surface area (Å²) in [5, 5.41) is 13.4. The summed E-state index contributed by atoms with van der Waals surface area (Å²) in [6.07, 6.45) is 7.97. The SMILES string of the molecule is CN(C)CCCn1cc(Cc2cncnc2C(=O)O)cn1. The zero-order valence-electron chi connectivity index (χ0n) is 12.2. The Balaban J connectivity index is 2.01. The van der Waals surface area contributed by atoms with Crippen LogP contribution in [-0.4, -0.2) is 56.4 Å². The van der Waals surface area contributed by atoms with Crippen molar-refractivity contribution in [2.75, 3.05) is 20.6 Å². The summed E-state index contributed by atoms with van der Waals surface area (Å²) in [6.45, 7) is 1.85. The van der Waals surface area contributed by atoms with Gasteiger partial charge in [-0.2, -0.15) is 5.10 Å². The predicted octanol–water partition coefficient (Wildman–Crippen LogP) is 0.914. The van der Waals surface area contributed by atoms with Crippen molar-refractivity contribution in [1.82, 2.24) is 24.6 Å². The maximum Gasteiger partial charge on any atom is 0.354 e. The van der Waals surface area contributed by atoms with Gasteiger partial charge in [-0.3, -0.25) is 4.68 Å². The lowest BCUT2D eigenvalue weighted by Crippen LogP contribution is -2.15. The Hall–Kier alpha value is -2.28. The Labute approximate surface area is 123 Å². The van der Waals surface area contributed by atoms with Crippen LogP contribution in [0.15, 0.2) is 24.9 Å². The lowest BCUT2D eigenvalue weighted by Gasteiger charge is -2.08. The fraction of sp³-hybridized carbons (Fsp3) is 0.429. The standard InChI is InChI=1S/C14H19N5O2/c1-18(2)4-3-5-19-9-11(7-17-19)6-12-8-15-10-16-13(12)14(20)21/h7-10H,3-6H2,1-2H3,(H,20,21). The molecule has 2 rings (SSSR count). The van der Waals surface area contributed by atoms with Crippen molar-refractivity contribution in [3.8, 4) is 0 Å². The predicted molar refractivity (Wildman–Crippen MR) is 77.2 cm³/mol. The molecule has 7 heteroatoms. The largest absolute Gasteiger partial charge is 0.477 e. The number of aromatic carboxylic acids is 1. The molecule has 0 unspecified atom stereocenters. The third kappa shape index (κ3) is 4.35. The fourth-order valence-electron chi connectivity index (χ4n) is 2.07. The van der Waals surface area contributed by atoms with E-state index in [9.17, 15) is 4.79 Å². The molecule has 0 saturated heterocycles. The van der Waals surface area contributed by atoms with Crippen LogP contribution in [0.25, 0.3) is 0 Å². The van der Waals surface area contributed by atoms with Gasteiger partial charge in [-0.25, -0.2) is 14.8 Å². The molecule has 7 nitrogen and oxygen atoms in total. The highest BCUT2D eigenvalue weighted by atomic mass is 16.4. The Bertz CT molecular complexity index is 609. The van der Waals surface area contributed by atoms with Crippen LogP contribution in [0.2, 0.25) is 0 Å². The summed E-state index contributed by atoms with van der Waals surface area (Å²) in [7, 11) is 4.08. The summed E-state index contributed by atoms with van der Waals surface area (Å²) in [6, 6.07) is 0. The van der Waals surface area contributed by atoms with Gasteiger partial charge in [0.2, 0.25) is 0 Å². The summed E-state index contributed by atoms with van der Waals surface area (Å²) in [4.78, 5) is 20.9. The number of carboxylic acid groups (broad SMARTS) is 1. The normalized spacial score (nSPS) is 11.0. The molecule has 2 aromatic rings. The fourth-order valence-corrected chi connectivity index (χ4v) is 2.07. The van der Waals surface area contributed by atoms with E-state index in [0.29, 0.717) is 12.0 Å². The average Bonchev–Trinajstić information content (AvgIpc) is 2.86. The molecule has 0 atom stereocenters. The molecule has 0 saturated carbocycles. The van der Waals surface area contributed by atoms with Crippen LogP contribution in [0.1, 0.15) is 28.0 Å². The van der Waals surface area contributed by atoms with Gasteiger partial charge in [0.1, 0.15) is 6.33 Å². The lowest BCUT2D eigenvalue weighted by atomic mass is 10.1. The summed E-state index contributed by atoms with van der Waals surface area (Å²) in [5.41, 5.74) is 1.60. The molecule has 0 spiro atoms. The van der Waals surface area contributed by atoms with Crippen LogP contribution in [0.4, 0.5) is 0 Å². The van der Waals surface area contributed by atoms with E-state index in [2.05, 4.69) is 20.0 Å². The number of aromatic nitrogens is 4. The lowest BCUT2D eigenvalue weighted by molar-refractivity contribution is 0.0689. The van der Waals surface area contributed by atoms with Gasteiger partial charge in [0.05, 0.1) is 6.20 Å². The minimum Gasteiger partial charge on any atom is -0.477 e. The number of hydrogen-bond acceptors (Lipinski definition) is 5. The van der Waals surface area contributed by atoms with Crippen molar-refractivity contribution in [3.05, 3.63) is 41.7 Å². The second kappa shape index (κ2) is 6.94. The van der Waals surface area contributed by atoms with Crippen LogP contribution in [0.3, 0.4) is 0 Å². The van der Waals surface area contributed by atoms with Crippen molar-refractivity contribution in [2.45, 2.75) is 19.4 Å². The van der Waals surface area contributed by atoms with Gasteiger partial charge in [0, 0.05) is 30.9 Å².